The monoisotopic (exact) mass is 450 g/mol. The molecule has 2 amide bonds. The van der Waals surface area contributed by atoms with Gasteiger partial charge in [-0.25, -0.2) is 4.68 Å². The number of hydrogen-bond acceptors (Lipinski definition) is 3. The van der Waals surface area contributed by atoms with Gasteiger partial charge >= 0.3 is 0 Å². The largest absolute Gasteiger partial charge is 0.348 e. The molecule has 3 aromatic rings. The van der Waals surface area contributed by atoms with Crippen LogP contribution in [0.1, 0.15) is 65.7 Å². The van der Waals surface area contributed by atoms with Gasteiger partial charge < -0.3 is 10.6 Å². The molecule has 6 nitrogen and oxygen atoms in total. The summed E-state index contributed by atoms with van der Waals surface area (Å²) < 4.78 is 1.84. The lowest BCUT2D eigenvalue weighted by Gasteiger charge is -2.11. The molecule has 1 saturated carbocycles. The zero-order chi connectivity index (χ0) is 22.7. The normalized spacial score (nSPS) is 13.1. The molecule has 0 saturated heterocycles. The highest BCUT2D eigenvalue weighted by Crippen LogP contribution is 2.42. The summed E-state index contributed by atoms with van der Waals surface area (Å²) >= 11 is 6.31. The van der Waals surface area contributed by atoms with E-state index in [0.717, 1.165) is 47.5 Å². The first-order chi connectivity index (χ1) is 15.5. The Bertz CT molecular complexity index is 1150. The molecule has 0 unspecified atom stereocenters. The quantitative estimate of drug-likeness (QED) is 0.483. The van der Waals surface area contributed by atoms with E-state index >= 15 is 0 Å². The second kappa shape index (κ2) is 9.57. The molecule has 0 radical (unpaired) electrons. The molecule has 32 heavy (non-hydrogen) atoms. The van der Waals surface area contributed by atoms with E-state index < -0.39 is 0 Å². The Morgan fingerprint density at radius 2 is 2.00 bits per heavy atom. The Morgan fingerprint density at radius 3 is 2.72 bits per heavy atom. The number of aromatic nitrogens is 2. The fourth-order valence-corrected chi connectivity index (χ4v) is 3.86. The van der Waals surface area contributed by atoms with Crippen LogP contribution in [0, 0.1) is 6.92 Å². The third-order valence-electron chi connectivity index (χ3n) is 5.56. The van der Waals surface area contributed by atoms with E-state index in [-0.39, 0.29) is 11.8 Å². The first kappa shape index (κ1) is 22.1. The van der Waals surface area contributed by atoms with Crippen LogP contribution < -0.4 is 10.6 Å². The van der Waals surface area contributed by atoms with Crippen LogP contribution in [0.3, 0.4) is 0 Å². The van der Waals surface area contributed by atoms with Gasteiger partial charge in [0.25, 0.3) is 5.91 Å². The van der Waals surface area contributed by atoms with Crippen molar-refractivity contribution in [3.05, 3.63) is 76.1 Å². The summed E-state index contributed by atoms with van der Waals surface area (Å²) in [6.45, 7) is 4.29. The third-order valence-corrected chi connectivity index (χ3v) is 5.96. The van der Waals surface area contributed by atoms with Gasteiger partial charge in [0.2, 0.25) is 5.91 Å². The van der Waals surface area contributed by atoms with Crippen LogP contribution in [0.4, 0.5) is 5.69 Å². The Kier molecular flexibility index (Phi) is 6.61. The topological polar surface area (TPSA) is 76.0 Å². The molecular formula is C25H27ClN4O2. The van der Waals surface area contributed by atoms with Crippen LogP contribution in [0.5, 0.6) is 0 Å². The van der Waals surface area contributed by atoms with E-state index in [0.29, 0.717) is 29.5 Å². The fourth-order valence-electron chi connectivity index (χ4n) is 3.69. The molecular weight excluding hydrogens is 424 g/mol. The zero-order valence-electron chi connectivity index (χ0n) is 18.3. The van der Waals surface area contributed by atoms with E-state index in [1.165, 1.54) is 0 Å². The van der Waals surface area contributed by atoms with Gasteiger partial charge in [-0.2, -0.15) is 5.10 Å². The molecule has 7 heteroatoms. The summed E-state index contributed by atoms with van der Waals surface area (Å²) in [7, 11) is 0. The predicted molar refractivity (Wildman–Crippen MR) is 126 cm³/mol. The molecule has 0 bridgehead atoms. The SMILES string of the molecule is CCCC(=O)Nc1cccc(CNC(=O)c2cnn(-c3ccc(C)c(Cl)c3)c2C2CC2)c1. The van der Waals surface area contributed by atoms with Crippen molar-refractivity contribution in [1.29, 1.82) is 0 Å². The smallest absolute Gasteiger partial charge is 0.255 e. The molecule has 0 aliphatic heterocycles. The van der Waals surface area contributed by atoms with E-state index in [1.54, 1.807) is 6.20 Å². The summed E-state index contributed by atoms with van der Waals surface area (Å²) in [5.41, 5.74) is 5.04. The lowest BCUT2D eigenvalue weighted by Crippen LogP contribution is -2.24. The standard InChI is InChI=1S/C25H27ClN4O2/c1-3-5-23(31)29-19-7-4-6-17(12-19)14-27-25(32)21-15-28-30(24(21)18-9-10-18)20-11-8-16(2)22(26)13-20/h4,6-8,11-13,15,18H,3,5,9-10,14H2,1-2H3,(H,27,32)(H,29,31). The minimum absolute atomic E-state index is 0.00798. The van der Waals surface area contributed by atoms with Crippen molar-refractivity contribution in [3.8, 4) is 5.69 Å². The second-order valence-corrected chi connectivity index (χ2v) is 8.65. The molecule has 0 spiro atoms. The maximum absolute atomic E-state index is 13.0. The molecule has 0 atom stereocenters. The summed E-state index contributed by atoms with van der Waals surface area (Å²) in [5, 5.41) is 11.1. The Balaban J connectivity index is 1.49. The molecule has 2 aromatic carbocycles. The molecule has 1 heterocycles. The Hall–Kier alpha value is -3.12. The van der Waals surface area contributed by atoms with Crippen LogP contribution >= 0.6 is 11.6 Å². The van der Waals surface area contributed by atoms with Crippen LogP contribution in [0.15, 0.2) is 48.7 Å². The number of hydrogen-bond donors (Lipinski definition) is 2. The number of carbonyl (C=O) groups is 2. The number of halogens is 1. The average molecular weight is 451 g/mol. The molecule has 4 rings (SSSR count). The first-order valence-electron chi connectivity index (χ1n) is 11.0. The van der Waals surface area contributed by atoms with Crippen LogP contribution in [-0.2, 0) is 11.3 Å². The number of carbonyl (C=O) groups excluding carboxylic acids is 2. The minimum Gasteiger partial charge on any atom is -0.348 e. The van der Waals surface area contributed by atoms with Gasteiger partial charge in [0.05, 0.1) is 23.1 Å². The highest BCUT2D eigenvalue weighted by molar-refractivity contribution is 6.31. The molecule has 1 aromatic heterocycles. The number of benzene rings is 2. The number of aryl methyl sites for hydroxylation is 1. The second-order valence-electron chi connectivity index (χ2n) is 8.24. The maximum atomic E-state index is 13.0. The van der Waals surface area contributed by atoms with Gasteiger partial charge in [-0.15, -0.1) is 0 Å². The lowest BCUT2D eigenvalue weighted by molar-refractivity contribution is -0.116. The number of anilines is 1. The van der Waals surface area contributed by atoms with Crippen molar-refractivity contribution in [2.24, 2.45) is 0 Å². The van der Waals surface area contributed by atoms with Crippen molar-refractivity contribution < 1.29 is 9.59 Å². The third kappa shape index (κ3) is 5.02. The number of amides is 2. The van der Waals surface area contributed by atoms with Crippen LogP contribution in [0.25, 0.3) is 5.69 Å². The number of nitrogens with one attached hydrogen (secondary N) is 2. The van der Waals surface area contributed by atoms with Crippen molar-refractivity contribution in [2.75, 3.05) is 5.32 Å². The van der Waals surface area contributed by atoms with E-state index in [2.05, 4.69) is 15.7 Å². The van der Waals surface area contributed by atoms with Crippen LogP contribution in [0.2, 0.25) is 5.02 Å². The van der Waals surface area contributed by atoms with Gasteiger partial charge in [-0.05, 0) is 61.6 Å². The van der Waals surface area contributed by atoms with Crippen molar-refractivity contribution in [3.63, 3.8) is 0 Å². The minimum atomic E-state index is -0.156. The molecule has 1 fully saturated rings. The number of rotatable bonds is 8. The van der Waals surface area contributed by atoms with Crippen molar-refractivity contribution >= 4 is 29.1 Å². The van der Waals surface area contributed by atoms with Crippen molar-refractivity contribution in [2.45, 2.75) is 52.0 Å². The summed E-state index contributed by atoms with van der Waals surface area (Å²) in [4.78, 5) is 24.9. The van der Waals surface area contributed by atoms with Gasteiger partial charge in [0.15, 0.2) is 0 Å². The Labute approximate surface area is 193 Å². The molecule has 1 aliphatic rings. The highest BCUT2D eigenvalue weighted by Gasteiger charge is 2.33. The van der Waals surface area contributed by atoms with Gasteiger partial charge in [-0.1, -0.05) is 36.7 Å². The zero-order valence-corrected chi connectivity index (χ0v) is 19.1. The van der Waals surface area contributed by atoms with Crippen LogP contribution in [-0.4, -0.2) is 21.6 Å². The van der Waals surface area contributed by atoms with E-state index in [9.17, 15) is 9.59 Å². The van der Waals surface area contributed by atoms with Gasteiger partial charge in [0.1, 0.15) is 0 Å². The lowest BCUT2D eigenvalue weighted by atomic mass is 10.1. The van der Waals surface area contributed by atoms with E-state index in [1.807, 2.05) is 61.0 Å². The summed E-state index contributed by atoms with van der Waals surface area (Å²) in [5.74, 6) is 0.165. The summed E-state index contributed by atoms with van der Waals surface area (Å²) in [6, 6.07) is 13.3. The predicted octanol–water partition coefficient (Wildman–Crippen LogP) is 5.38. The molecule has 166 valence electrons. The fraction of sp³-hybridized carbons (Fsp3) is 0.320. The summed E-state index contributed by atoms with van der Waals surface area (Å²) in [6.07, 6.45) is 5.02. The molecule has 2 N–H and O–H groups in total. The van der Waals surface area contributed by atoms with Gasteiger partial charge in [-0.3, -0.25) is 9.59 Å². The van der Waals surface area contributed by atoms with Crippen molar-refractivity contribution in [1.82, 2.24) is 15.1 Å². The van der Waals surface area contributed by atoms with E-state index in [4.69, 9.17) is 11.6 Å². The Morgan fingerprint density at radius 1 is 1.19 bits per heavy atom. The number of nitrogens with zero attached hydrogens (tertiary/aromatic N) is 2. The molecule has 1 aliphatic carbocycles. The highest BCUT2D eigenvalue weighted by atomic mass is 35.5. The average Bonchev–Trinajstić information content (AvgIpc) is 3.52. The first-order valence-corrected chi connectivity index (χ1v) is 11.4. The maximum Gasteiger partial charge on any atom is 0.255 e. The van der Waals surface area contributed by atoms with Gasteiger partial charge in [0, 0.05) is 29.6 Å².